The molecule has 0 bridgehead atoms. The van der Waals surface area contributed by atoms with Crippen molar-refractivity contribution in [3.8, 4) is 0 Å². The molecule has 1 fully saturated rings. The second-order valence-corrected chi connectivity index (χ2v) is 6.08. The van der Waals surface area contributed by atoms with E-state index in [4.69, 9.17) is 16.3 Å². The molecular weight excluding hydrogens is 277 g/mol. The van der Waals surface area contributed by atoms with Gasteiger partial charge < -0.3 is 10.1 Å². The van der Waals surface area contributed by atoms with Crippen molar-refractivity contribution in [1.29, 1.82) is 0 Å². The van der Waals surface area contributed by atoms with E-state index in [1.54, 1.807) is 6.07 Å². The Kier molecular flexibility index (Phi) is 5.42. The second kappa shape index (κ2) is 6.88. The Balaban J connectivity index is 2.16. The molecule has 1 aromatic carbocycles. The van der Waals surface area contributed by atoms with Gasteiger partial charge >= 0.3 is 0 Å². The fraction of sp³-hybridized carbons (Fsp3) is 0.625. The Morgan fingerprint density at radius 2 is 2.25 bits per heavy atom. The average Bonchev–Trinajstić information content (AvgIpc) is 2.42. The molecule has 2 nitrogen and oxygen atoms in total. The van der Waals surface area contributed by atoms with Crippen LogP contribution in [0, 0.1) is 5.82 Å². The molecule has 0 spiro atoms. The minimum absolute atomic E-state index is 0.175. The van der Waals surface area contributed by atoms with Gasteiger partial charge in [-0.25, -0.2) is 4.39 Å². The van der Waals surface area contributed by atoms with E-state index < -0.39 is 0 Å². The van der Waals surface area contributed by atoms with Crippen LogP contribution in [0.2, 0.25) is 5.02 Å². The van der Waals surface area contributed by atoms with Crippen LogP contribution in [0.25, 0.3) is 0 Å². The lowest BCUT2D eigenvalue weighted by molar-refractivity contribution is -0.0881. The maximum Gasteiger partial charge on any atom is 0.124 e. The van der Waals surface area contributed by atoms with Gasteiger partial charge in [0.05, 0.1) is 5.60 Å². The van der Waals surface area contributed by atoms with Crippen molar-refractivity contribution in [2.75, 3.05) is 13.2 Å². The zero-order chi connectivity index (χ0) is 14.6. The molecule has 20 heavy (non-hydrogen) atoms. The fourth-order valence-electron chi connectivity index (χ4n) is 2.89. The van der Waals surface area contributed by atoms with Gasteiger partial charge in [-0.1, -0.05) is 24.6 Å². The molecular formula is C16H23ClFNO. The van der Waals surface area contributed by atoms with Gasteiger partial charge in [-0.2, -0.15) is 0 Å². The topological polar surface area (TPSA) is 21.3 Å². The van der Waals surface area contributed by atoms with Crippen molar-refractivity contribution in [1.82, 2.24) is 5.32 Å². The molecule has 1 saturated heterocycles. The summed E-state index contributed by atoms with van der Waals surface area (Å²) in [5, 5.41) is 4.00. The van der Waals surface area contributed by atoms with Crippen LogP contribution in [0.1, 0.15) is 38.7 Å². The lowest BCUT2D eigenvalue weighted by Gasteiger charge is -2.41. The molecule has 0 amide bonds. The highest BCUT2D eigenvalue weighted by Crippen LogP contribution is 2.31. The molecule has 0 aliphatic carbocycles. The largest absolute Gasteiger partial charge is 0.374 e. The second-order valence-electron chi connectivity index (χ2n) is 5.67. The monoisotopic (exact) mass is 299 g/mol. The molecule has 1 heterocycles. The Labute approximate surface area is 125 Å². The van der Waals surface area contributed by atoms with Crippen LogP contribution < -0.4 is 5.32 Å². The van der Waals surface area contributed by atoms with Gasteiger partial charge in [-0.15, -0.1) is 0 Å². The fourth-order valence-corrected chi connectivity index (χ4v) is 3.13. The predicted octanol–water partition coefficient (Wildman–Crippen LogP) is 3.96. The number of hydrogen-bond donors (Lipinski definition) is 1. The standard InChI is InChI=1S/C16H23ClFNO/c1-3-19-15(16(2)8-4-5-9-20-16)10-12-6-7-13(18)11-14(12)17/h6-7,11,15,19H,3-5,8-10H2,1-2H3. The third-order valence-electron chi connectivity index (χ3n) is 4.13. The molecule has 1 aliphatic rings. The normalized spacial score (nSPS) is 24.6. The summed E-state index contributed by atoms with van der Waals surface area (Å²) in [7, 11) is 0. The first-order valence-electron chi connectivity index (χ1n) is 7.36. The summed E-state index contributed by atoms with van der Waals surface area (Å²) in [6.07, 6.45) is 4.12. The lowest BCUT2D eigenvalue weighted by atomic mass is 9.84. The average molecular weight is 300 g/mol. The zero-order valence-electron chi connectivity index (χ0n) is 12.2. The zero-order valence-corrected chi connectivity index (χ0v) is 13.0. The van der Waals surface area contributed by atoms with Crippen molar-refractivity contribution in [2.45, 2.75) is 51.2 Å². The summed E-state index contributed by atoms with van der Waals surface area (Å²) in [5.74, 6) is -0.293. The summed E-state index contributed by atoms with van der Waals surface area (Å²) in [6.45, 7) is 5.94. The number of nitrogens with one attached hydrogen (secondary N) is 1. The highest BCUT2D eigenvalue weighted by atomic mass is 35.5. The van der Waals surface area contributed by atoms with Crippen molar-refractivity contribution in [2.24, 2.45) is 0 Å². The van der Waals surface area contributed by atoms with Crippen LogP contribution >= 0.6 is 11.6 Å². The molecule has 1 aromatic rings. The predicted molar refractivity (Wildman–Crippen MR) is 80.8 cm³/mol. The molecule has 0 saturated carbocycles. The third kappa shape index (κ3) is 3.72. The minimum atomic E-state index is -0.293. The molecule has 112 valence electrons. The minimum Gasteiger partial charge on any atom is -0.374 e. The first-order valence-corrected chi connectivity index (χ1v) is 7.74. The summed E-state index contributed by atoms with van der Waals surface area (Å²) in [4.78, 5) is 0. The Hall–Kier alpha value is -0.640. The highest BCUT2D eigenvalue weighted by Gasteiger charge is 2.36. The van der Waals surface area contributed by atoms with Crippen LogP contribution in [0.4, 0.5) is 4.39 Å². The summed E-state index contributed by atoms with van der Waals surface area (Å²) >= 11 is 6.15. The smallest absolute Gasteiger partial charge is 0.124 e. The van der Waals surface area contributed by atoms with Crippen LogP contribution in [0.3, 0.4) is 0 Å². The first-order chi connectivity index (χ1) is 9.55. The van der Waals surface area contributed by atoms with Gasteiger partial charge in [-0.05, 0) is 56.8 Å². The number of ether oxygens (including phenoxy) is 1. The lowest BCUT2D eigenvalue weighted by Crippen LogP contribution is -2.53. The van der Waals surface area contributed by atoms with E-state index in [9.17, 15) is 4.39 Å². The van der Waals surface area contributed by atoms with E-state index in [0.717, 1.165) is 38.0 Å². The number of benzene rings is 1. The summed E-state index contributed by atoms with van der Waals surface area (Å²) in [6, 6.07) is 4.81. The quantitative estimate of drug-likeness (QED) is 0.888. The maximum atomic E-state index is 13.1. The van der Waals surface area contributed by atoms with Crippen molar-refractivity contribution >= 4 is 11.6 Å². The summed E-state index contributed by atoms with van der Waals surface area (Å²) in [5.41, 5.74) is 0.792. The Morgan fingerprint density at radius 3 is 2.85 bits per heavy atom. The molecule has 2 rings (SSSR count). The number of likely N-dealkylation sites (N-methyl/N-ethyl adjacent to an activating group) is 1. The molecule has 0 aromatic heterocycles. The van der Waals surface area contributed by atoms with Crippen molar-refractivity contribution < 1.29 is 9.13 Å². The SMILES string of the molecule is CCNC(Cc1ccc(F)cc1Cl)C1(C)CCCCO1. The van der Waals surface area contributed by atoms with Crippen LogP contribution in [0.15, 0.2) is 18.2 Å². The third-order valence-corrected chi connectivity index (χ3v) is 4.48. The summed E-state index contributed by atoms with van der Waals surface area (Å²) < 4.78 is 19.2. The molecule has 2 atom stereocenters. The van der Waals surface area contributed by atoms with Gasteiger partial charge in [0.2, 0.25) is 0 Å². The van der Waals surface area contributed by atoms with E-state index in [1.807, 2.05) is 0 Å². The van der Waals surface area contributed by atoms with Gasteiger partial charge in [0.15, 0.2) is 0 Å². The van der Waals surface area contributed by atoms with Gasteiger partial charge in [0.1, 0.15) is 5.82 Å². The van der Waals surface area contributed by atoms with E-state index in [2.05, 4.69) is 19.2 Å². The molecule has 4 heteroatoms. The number of halogens is 2. The maximum absolute atomic E-state index is 13.1. The Bertz CT molecular complexity index is 446. The van der Waals surface area contributed by atoms with E-state index >= 15 is 0 Å². The van der Waals surface area contributed by atoms with Gasteiger partial charge in [0.25, 0.3) is 0 Å². The molecule has 0 radical (unpaired) electrons. The van der Waals surface area contributed by atoms with E-state index in [-0.39, 0.29) is 17.5 Å². The first kappa shape index (κ1) is 15.7. The van der Waals surface area contributed by atoms with Crippen LogP contribution in [-0.4, -0.2) is 24.8 Å². The molecule has 2 unspecified atom stereocenters. The van der Waals surface area contributed by atoms with Gasteiger partial charge in [0, 0.05) is 17.7 Å². The molecule has 1 N–H and O–H groups in total. The van der Waals surface area contributed by atoms with Gasteiger partial charge in [-0.3, -0.25) is 0 Å². The van der Waals surface area contributed by atoms with E-state index in [1.165, 1.54) is 18.6 Å². The van der Waals surface area contributed by atoms with E-state index in [0.29, 0.717) is 5.02 Å². The van der Waals surface area contributed by atoms with Crippen LogP contribution in [0.5, 0.6) is 0 Å². The van der Waals surface area contributed by atoms with Crippen LogP contribution in [-0.2, 0) is 11.2 Å². The highest BCUT2D eigenvalue weighted by molar-refractivity contribution is 6.31. The number of hydrogen-bond acceptors (Lipinski definition) is 2. The number of rotatable bonds is 5. The Morgan fingerprint density at radius 1 is 1.45 bits per heavy atom. The van der Waals surface area contributed by atoms with Crippen molar-refractivity contribution in [3.05, 3.63) is 34.6 Å². The molecule has 1 aliphatic heterocycles. The van der Waals surface area contributed by atoms with Crippen molar-refractivity contribution in [3.63, 3.8) is 0 Å².